The number of methoxy groups -OCH3 is 1. The number of nitriles is 1. The lowest BCUT2D eigenvalue weighted by atomic mass is 9.80. The van der Waals surface area contributed by atoms with Crippen LogP contribution in [0.4, 0.5) is 10.9 Å². The van der Waals surface area contributed by atoms with E-state index in [0.29, 0.717) is 53.9 Å². The molecule has 0 amide bonds. The number of fused-ring (bicyclic) bond motifs is 1. The molecule has 0 bridgehead atoms. The molecular formula is C30H41N9O4S. The van der Waals surface area contributed by atoms with Crippen LogP contribution in [-0.2, 0) is 16.8 Å². The van der Waals surface area contributed by atoms with Crippen molar-refractivity contribution in [2.24, 2.45) is 5.92 Å². The van der Waals surface area contributed by atoms with Crippen LogP contribution in [0.2, 0.25) is 0 Å². The third kappa shape index (κ3) is 5.62. The van der Waals surface area contributed by atoms with Crippen LogP contribution >= 0.6 is 11.3 Å². The number of ether oxygens (including phenoxy) is 2. The number of rotatable bonds is 7. The van der Waals surface area contributed by atoms with Crippen molar-refractivity contribution < 1.29 is 19.1 Å². The maximum atomic E-state index is 11.0. The number of likely N-dealkylation sites (N-methyl/N-ethyl adjacent to an activating group) is 1. The minimum atomic E-state index is -1.12. The zero-order chi connectivity index (χ0) is 31.2. The summed E-state index contributed by atoms with van der Waals surface area (Å²) in [5.41, 5.74) is 5.31. The summed E-state index contributed by atoms with van der Waals surface area (Å²) in [6, 6.07) is 2.63. The maximum absolute atomic E-state index is 11.0. The number of hydrogen-bond acceptors (Lipinski definition) is 14. The summed E-state index contributed by atoms with van der Waals surface area (Å²) in [4.78, 5) is 24.2. The van der Waals surface area contributed by atoms with Gasteiger partial charge in [0.15, 0.2) is 5.60 Å². The fourth-order valence-electron chi connectivity index (χ4n) is 7.10. The van der Waals surface area contributed by atoms with E-state index in [1.807, 2.05) is 18.7 Å². The minimum absolute atomic E-state index is 0.152. The molecule has 0 unspecified atom stereocenters. The molecule has 6 rings (SSSR count). The maximum Gasteiger partial charge on any atom is 0.322 e. The van der Waals surface area contributed by atoms with Gasteiger partial charge in [-0.3, -0.25) is 4.90 Å². The molecule has 2 saturated heterocycles. The van der Waals surface area contributed by atoms with Crippen molar-refractivity contribution >= 4 is 22.3 Å². The molecule has 44 heavy (non-hydrogen) atoms. The summed E-state index contributed by atoms with van der Waals surface area (Å²) in [5, 5.41) is 25.6. The van der Waals surface area contributed by atoms with Crippen LogP contribution in [-0.4, -0.2) is 86.6 Å². The number of anilines is 2. The van der Waals surface area contributed by atoms with Gasteiger partial charge in [-0.1, -0.05) is 12.1 Å². The highest BCUT2D eigenvalue weighted by molar-refractivity contribution is 7.16. The standard InChI is InChI=1S/C30H41N9O4S/c1-17-13-20(38(4)15-17)18(2)42-28-35-24(34-27(36-28)39-12-7-6-10-29(3,40)16-39)25-33-26(43-37-25)30(41-5)11-8-9-21-22(30)19(14-31)23(32)44-21/h17-18,20,40H,6-13,15-16,32H2,1-5H3/t17-,18+,20+,29+,30-/m1/s1. The highest BCUT2D eigenvalue weighted by Gasteiger charge is 2.47. The van der Waals surface area contributed by atoms with Gasteiger partial charge in [-0.05, 0) is 71.8 Å². The van der Waals surface area contributed by atoms with Gasteiger partial charge in [0.25, 0.3) is 5.89 Å². The second-order valence-corrected chi connectivity index (χ2v) is 14.0. The lowest BCUT2D eigenvalue weighted by Gasteiger charge is -2.33. The average Bonchev–Trinajstić information content (AvgIpc) is 3.67. The first-order valence-corrected chi connectivity index (χ1v) is 16.2. The first-order valence-electron chi connectivity index (χ1n) is 15.4. The fraction of sp³-hybridized carbons (Fsp3) is 0.667. The molecule has 1 aliphatic carbocycles. The van der Waals surface area contributed by atoms with E-state index in [0.717, 1.165) is 43.5 Å². The Labute approximate surface area is 261 Å². The molecule has 14 heteroatoms. The molecule has 13 nitrogen and oxygen atoms in total. The van der Waals surface area contributed by atoms with Gasteiger partial charge in [-0.15, -0.1) is 11.3 Å². The Bertz CT molecular complexity index is 1550. The monoisotopic (exact) mass is 623 g/mol. The fourth-order valence-corrected chi connectivity index (χ4v) is 8.23. The summed E-state index contributed by atoms with van der Waals surface area (Å²) >= 11 is 1.40. The Morgan fingerprint density at radius 2 is 2.00 bits per heavy atom. The van der Waals surface area contributed by atoms with Gasteiger partial charge in [0.05, 0.1) is 11.2 Å². The number of β-amino-alcohol motifs (C(OH)–C–C–N with tert-alkyl or cyclic N) is 1. The SMILES string of the molecule is CO[C@]1(c2nc(-c3nc(O[C@@H](C)[C@@H]4C[C@@H](C)CN4C)nc(N4CCCC[C@](C)(O)C4)n3)no2)CCCc2sc(N)c(C#N)c21. The summed E-state index contributed by atoms with van der Waals surface area (Å²) < 4.78 is 18.3. The van der Waals surface area contributed by atoms with Crippen molar-refractivity contribution in [3.8, 4) is 23.7 Å². The normalized spacial score (nSPS) is 28.3. The lowest BCUT2D eigenvalue weighted by Crippen LogP contribution is -2.40. The number of nitrogen functional groups attached to an aromatic ring is 1. The molecule has 0 radical (unpaired) electrons. The van der Waals surface area contributed by atoms with Gasteiger partial charge in [-0.25, -0.2) is 0 Å². The van der Waals surface area contributed by atoms with Crippen molar-refractivity contribution in [1.29, 1.82) is 5.26 Å². The van der Waals surface area contributed by atoms with Crippen LogP contribution in [0.3, 0.4) is 0 Å². The van der Waals surface area contributed by atoms with E-state index in [2.05, 4.69) is 35.1 Å². The van der Waals surface area contributed by atoms with Crippen molar-refractivity contribution in [2.45, 2.75) is 89.1 Å². The summed E-state index contributed by atoms with van der Waals surface area (Å²) in [7, 11) is 3.69. The van der Waals surface area contributed by atoms with Crippen molar-refractivity contribution in [1.82, 2.24) is 30.0 Å². The van der Waals surface area contributed by atoms with Crippen LogP contribution in [0.5, 0.6) is 6.01 Å². The van der Waals surface area contributed by atoms with Crippen molar-refractivity contribution in [3.05, 3.63) is 21.9 Å². The van der Waals surface area contributed by atoms with Crippen LogP contribution < -0.4 is 15.4 Å². The average molecular weight is 624 g/mol. The van der Waals surface area contributed by atoms with Crippen LogP contribution in [0.15, 0.2) is 4.52 Å². The summed E-state index contributed by atoms with van der Waals surface area (Å²) in [5.74, 6) is 1.52. The summed E-state index contributed by atoms with van der Waals surface area (Å²) in [6.07, 6.45) is 5.48. The van der Waals surface area contributed by atoms with E-state index < -0.39 is 11.2 Å². The second-order valence-electron chi connectivity index (χ2n) is 12.8. The van der Waals surface area contributed by atoms with E-state index in [4.69, 9.17) is 34.7 Å². The molecule has 3 aliphatic rings. The molecule has 0 spiro atoms. The van der Waals surface area contributed by atoms with E-state index >= 15 is 0 Å². The van der Waals surface area contributed by atoms with Crippen LogP contribution in [0.25, 0.3) is 11.6 Å². The third-order valence-corrected chi connectivity index (χ3v) is 10.3. The number of nitrogens with zero attached hydrogens (tertiary/aromatic N) is 8. The molecule has 5 atom stereocenters. The predicted molar refractivity (Wildman–Crippen MR) is 164 cm³/mol. The molecular weight excluding hydrogens is 582 g/mol. The lowest BCUT2D eigenvalue weighted by molar-refractivity contribution is -0.0178. The first-order chi connectivity index (χ1) is 21.0. The smallest absolute Gasteiger partial charge is 0.322 e. The highest BCUT2D eigenvalue weighted by Crippen LogP contribution is 2.49. The number of thiophene rings is 1. The van der Waals surface area contributed by atoms with Crippen LogP contribution in [0.1, 0.15) is 81.2 Å². The molecule has 3 N–H and O–H groups in total. The second kappa shape index (κ2) is 11.8. The molecule has 2 fully saturated rings. The first kappa shape index (κ1) is 30.6. The number of aliphatic hydroxyl groups is 1. The van der Waals surface area contributed by atoms with Gasteiger partial charge in [0.1, 0.15) is 17.2 Å². The van der Waals surface area contributed by atoms with Crippen molar-refractivity contribution in [3.63, 3.8) is 0 Å². The highest BCUT2D eigenvalue weighted by atomic mass is 32.1. The third-order valence-electron chi connectivity index (χ3n) is 9.23. The van der Waals surface area contributed by atoms with Gasteiger partial charge in [0.2, 0.25) is 17.6 Å². The van der Waals surface area contributed by atoms with Crippen molar-refractivity contribution in [2.75, 3.05) is 44.4 Å². The Kier molecular flexibility index (Phi) is 8.25. The number of hydrogen-bond donors (Lipinski definition) is 2. The molecule has 0 aromatic carbocycles. The topological polar surface area (TPSA) is 173 Å². The molecule has 236 valence electrons. The predicted octanol–water partition coefficient (Wildman–Crippen LogP) is 3.51. The minimum Gasteiger partial charge on any atom is -0.459 e. The Morgan fingerprint density at radius 1 is 1.18 bits per heavy atom. The van der Waals surface area contributed by atoms with E-state index in [-0.39, 0.29) is 35.7 Å². The van der Waals surface area contributed by atoms with Gasteiger partial charge >= 0.3 is 6.01 Å². The molecule has 0 saturated carbocycles. The largest absolute Gasteiger partial charge is 0.459 e. The Hall–Kier alpha value is -3.38. The number of aromatic nitrogens is 5. The van der Waals surface area contributed by atoms with E-state index in [9.17, 15) is 10.4 Å². The number of likely N-dealkylation sites (tertiary alicyclic amines) is 1. The quantitative estimate of drug-likeness (QED) is 0.392. The Morgan fingerprint density at radius 3 is 2.73 bits per heavy atom. The molecule has 5 heterocycles. The van der Waals surface area contributed by atoms with Crippen LogP contribution in [0, 0.1) is 17.2 Å². The van der Waals surface area contributed by atoms with Gasteiger partial charge in [0, 0.05) is 43.2 Å². The van der Waals surface area contributed by atoms with E-state index in [1.165, 1.54) is 11.3 Å². The van der Waals surface area contributed by atoms with E-state index in [1.54, 1.807) is 7.11 Å². The summed E-state index contributed by atoms with van der Waals surface area (Å²) in [6.45, 7) is 8.18. The van der Waals surface area contributed by atoms with Gasteiger partial charge < -0.3 is 29.7 Å². The zero-order valence-electron chi connectivity index (χ0n) is 26.0. The Balaban J connectivity index is 1.39. The molecule has 3 aromatic rings. The van der Waals surface area contributed by atoms with Gasteiger partial charge in [-0.2, -0.15) is 25.2 Å². The molecule has 3 aromatic heterocycles. The number of nitrogens with two attached hydrogens (primary N) is 1. The number of aryl methyl sites for hydroxylation is 1. The zero-order valence-corrected chi connectivity index (χ0v) is 26.9. The molecule has 2 aliphatic heterocycles.